The highest BCUT2D eigenvalue weighted by Crippen LogP contribution is 2.41. The lowest BCUT2D eigenvalue weighted by molar-refractivity contribution is 1.13. The number of para-hydroxylation sites is 2. The Balaban J connectivity index is 1.44. The number of nitrogens with zero attached hydrogens (tertiary/aromatic N) is 1. The number of fused-ring (bicyclic) bond motifs is 1. The maximum absolute atomic E-state index is 2.56. The van der Waals surface area contributed by atoms with Crippen LogP contribution in [-0.2, 0) is 6.16 Å². The average Bonchev–Trinajstić information content (AvgIpc) is 3.44. The van der Waals surface area contributed by atoms with E-state index in [1.807, 2.05) is 0 Å². The third-order valence-electron chi connectivity index (χ3n) is 7.65. The SMILES string of the molecule is c1ccc(P(Cc2ccccc2-n2c(P(c3ccccc3)c3ccccc3)cc3ccccc32)c2ccccc2)cc1. The third-order valence-corrected chi connectivity index (χ3v) is 12.6. The van der Waals surface area contributed by atoms with E-state index in [-0.39, 0.29) is 0 Å². The van der Waals surface area contributed by atoms with Crippen molar-refractivity contribution in [3.63, 3.8) is 0 Å². The molecule has 0 fully saturated rings. The van der Waals surface area contributed by atoms with E-state index < -0.39 is 15.8 Å². The molecule has 0 atom stereocenters. The molecule has 0 N–H and O–H groups in total. The van der Waals surface area contributed by atoms with Gasteiger partial charge < -0.3 is 4.57 Å². The van der Waals surface area contributed by atoms with Gasteiger partial charge in [0.05, 0.1) is 11.0 Å². The van der Waals surface area contributed by atoms with Gasteiger partial charge in [-0.1, -0.05) is 158 Å². The summed E-state index contributed by atoms with van der Waals surface area (Å²) in [6, 6.07) is 64.5. The fraction of sp³-hybridized carbons (Fsp3) is 0.0256. The fourth-order valence-electron chi connectivity index (χ4n) is 5.71. The van der Waals surface area contributed by atoms with Crippen LogP contribution in [0.25, 0.3) is 16.6 Å². The molecule has 1 aromatic heterocycles. The topological polar surface area (TPSA) is 4.93 Å². The van der Waals surface area contributed by atoms with Crippen LogP contribution in [0.4, 0.5) is 0 Å². The first-order valence-electron chi connectivity index (χ1n) is 14.3. The largest absolute Gasteiger partial charge is 0.309 e. The van der Waals surface area contributed by atoms with Crippen LogP contribution in [-0.4, -0.2) is 4.57 Å². The first-order valence-corrected chi connectivity index (χ1v) is 17.2. The van der Waals surface area contributed by atoms with Crippen LogP contribution in [0.2, 0.25) is 0 Å². The summed E-state index contributed by atoms with van der Waals surface area (Å²) >= 11 is 0. The Hall–Kier alpha value is -4.28. The summed E-state index contributed by atoms with van der Waals surface area (Å²) in [6.45, 7) is 0. The zero-order valence-electron chi connectivity index (χ0n) is 23.3. The van der Waals surface area contributed by atoms with E-state index >= 15 is 0 Å². The van der Waals surface area contributed by atoms with Crippen molar-refractivity contribution in [1.82, 2.24) is 4.57 Å². The summed E-state index contributed by atoms with van der Waals surface area (Å²) in [7, 11) is -1.37. The van der Waals surface area contributed by atoms with Crippen LogP contribution in [0.3, 0.4) is 0 Å². The number of hydrogen-bond acceptors (Lipinski definition) is 0. The lowest BCUT2D eigenvalue weighted by Gasteiger charge is -2.25. The van der Waals surface area contributed by atoms with Crippen molar-refractivity contribution in [3.05, 3.63) is 181 Å². The molecule has 0 saturated carbocycles. The second-order valence-corrected chi connectivity index (χ2v) is 14.7. The zero-order chi connectivity index (χ0) is 28.1. The third kappa shape index (κ3) is 5.35. The van der Waals surface area contributed by atoms with Gasteiger partial charge in [0, 0.05) is 25.2 Å². The Bertz CT molecular complexity index is 1820. The van der Waals surface area contributed by atoms with Gasteiger partial charge in [-0.2, -0.15) is 0 Å². The Morgan fingerprint density at radius 1 is 0.429 bits per heavy atom. The molecule has 0 aliphatic heterocycles. The summed E-state index contributed by atoms with van der Waals surface area (Å²) in [5.41, 5.74) is 5.24. The fourth-order valence-corrected chi connectivity index (χ4v) is 10.5. The van der Waals surface area contributed by atoms with Gasteiger partial charge in [0.2, 0.25) is 0 Å². The van der Waals surface area contributed by atoms with Crippen LogP contribution in [0.5, 0.6) is 0 Å². The number of benzene rings is 6. The molecule has 1 nitrogen and oxygen atoms in total. The van der Waals surface area contributed by atoms with Crippen molar-refractivity contribution in [2.75, 3.05) is 0 Å². The van der Waals surface area contributed by atoms with Gasteiger partial charge in [-0.3, -0.25) is 0 Å². The van der Waals surface area contributed by atoms with Crippen LogP contribution >= 0.6 is 15.8 Å². The molecule has 0 spiro atoms. The molecule has 0 aliphatic carbocycles. The lowest BCUT2D eigenvalue weighted by Crippen LogP contribution is -2.26. The van der Waals surface area contributed by atoms with Crippen molar-refractivity contribution in [1.29, 1.82) is 0 Å². The van der Waals surface area contributed by atoms with E-state index in [9.17, 15) is 0 Å². The Morgan fingerprint density at radius 3 is 1.45 bits per heavy atom. The minimum absolute atomic E-state index is 0.583. The maximum atomic E-state index is 2.56. The molecule has 42 heavy (non-hydrogen) atoms. The van der Waals surface area contributed by atoms with E-state index in [4.69, 9.17) is 0 Å². The summed E-state index contributed by atoms with van der Waals surface area (Å²) in [4.78, 5) is 0. The van der Waals surface area contributed by atoms with Gasteiger partial charge in [0.1, 0.15) is 0 Å². The number of hydrogen-bond donors (Lipinski definition) is 0. The van der Waals surface area contributed by atoms with Gasteiger partial charge in [-0.15, -0.1) is 0 Å². The number of rotatable bonds is 8. The molecule has 7 rings (SSSR count). The van der Waals surface area contributed by atoms with E-state index in [0.717, 1.165) is 6.16 Å². The molecular weight excluding hydrogens is 544 g/mol. The molecule has 0 bridgehead atoms. The Labute approximate surface area is 250 Å². The van der Waals surface area contributed by atoms with E-state index in [2.05, 4.69) is 180 Å². The summed E-state index contributed by atoms with van der Waals surface area (Å²) in [5, 5.41) is 6.80. The molecule has 202 valence electrons. The second-order valence-electron chi connectivity index (χ2n) is 10.3. The minimum Gasteiger partial charge on any atom is -0.309 e. The van der Waals surface area contributed by atoms with Crippen molar-refractivity contribution < 1.29 is 0 Å². The van der Waals surface area contributed by atoms with Crippen molar-refractivity contribution in [2.45, 2.75) is 6.16 Å². The van der Waals surface area contributed by atoms with Gasteiger partial charge in [-0.25, -0.2) is 0 Å². The molecule has 0 radical (unpaired) electrons. The average molecular weight is 576 g/mol. The monoisotopic (exact) mass is 575 g/mol. The predicted molar refractivity (Wildman–Crippen MR) is 185 cm³/mol. The maximum Gasteiger partial charge on any atom is 0.0561 e. The van der Waals surface area contributed by atoms with Gasteiger partial charge in [-0.05, 0) is 52.9 Å². The molecule has 6 aromatic carbocycles. The van der Waals surface area contributed by atoms with Crippen molar-refractivity contribution >= 4 is 53.4 Å². The van der Waals surface area contributed by atoms with E-state index in [1.165, 1.54) is 48.8 Å². The highest BCUT2D eigenvalue weighted by atomic mass is 31.1. The lowest BCUT2D eigenvalue weighted by atomic mass is 10.2. The molecule has 0 unspecified atom stereocenters. The zero-order valence-corrected chi connectivity index (χ0v) is 25.1. The molecule has 0 amide bonds. The first kappa shape index (κ1) is 26.6. The minimum atomic E-state index is -0.789. The summed E-state index contributed by atoms with van der Waals surface area (Å²) in [6.07, 6.45) is 0.972. The van der Waals surface area contributed by atoms with Crippen molar-refractivity contribution in [2.24, 2.45) is 0 Å². The van der Waals surface area contributed by atoms with E-state index in [1.54, 1.807) is 0 Å². The van der Waals surface area contributed by atoms with Crippen LogP contribution in [0, 0.1) is 0 Å². The molecule has 3 heteroatoms. The smallest absolute Gasteiger partial charge is 0.0561 e. The van der Waals surface area contributed by atoms with E-state index in [0.29, 0.717) is 0 Å². The Kier molecular flexibility index (Phi) is 7.79. The van der Waals surface area contributed by atoms with Gasteiger partial charge in [0.15, 0.2) is 0 Å². The standard InChI is InChI=1S/C39H31NP2/c1-5-19-33(20-6-1)41(34-21-7-2-8-22-34)30-32-18-14-16-28-38(32)40-37-27-15-13-17-31(37)29-39(40)42(35-23-9-3-10-24-35)36-25-11-4-12-26-36/h1-29H,30H2. The molecule has 1 heterocycles. The normalized spacial score (nSPS) is 11.4. The number of aromatic nitrogens is 1. The second kappa shape index (κ2) is 12.3. The van der Waals surface area contributed by atoms with Crippen LogP contribution < -0.4 is 26.7 Å². The van der Waals surface area contributed by atoms with Crippen LogP contribution in [0.15, 0.2) is 176 Å². The summed E-state index contributed by atoms with van der Waals surface area (Å²) in [5.74, 6) is 0. The highest BCUT2D eigenvalue weighted by molar-refractivity contribution is 7.79. The molecule has 0 aliphatic rings. The quantitative estimate of drug-likeness (QED) is 0.162. The highest BCUT2D eigenvalue weighted by Gasteiger charge is 2.25. The molecule has 7 aromatic rings. The predicted octanol–water partition coefficient (Wildman–Crippen LogP) is 8.02. The summed E-state index contributed by atoms with van der Waals surface area (Å²) < 4.78 is 2.56. The first-order chi connectivity index (χ1) is 20.9. The molecular formula is C39H31NP2. The van der Waals surface area contributed by atoms with Gasteiger partial charge in [0.25, 0.3) is 0 Å². The van der Waals surface area contributed by atoms with Crippen LogP contribution in [0.1, 0.15) is 5.56 Å². The van der Waals surface area contributed by atoms with Crippen molar-refractivity contribution in [3.8, 4) is 5.69 Å². The van der Waals surface area contributed by atoms with Gasteiger partial charge >= 0.3 is 0 Å². The Morgan fingerprint density at radius 2 is 0.881 bits per heavy atom. The molecule has 0 saturated heterocycles.